The molecule has 0 fully saturated rings. The summed E-state index contributed by atoms with van der Waals surface area (Å²) in [4.78, 5) is 12.5. The summed E-state index contributed by atoms with van der Waals surface area (Å²) in [6.45, 7) is 4.48. The molecule has 0 N–H and O–H groups in total. The number of halogens is 2. The smallest absolute Gasteiger partial charge is 0.212 e. The van der Waals surface area contributed by atoms with Gasteiger partial charge in [-0.3, -0.25) is 9.48 Å². The molecule has 5 heteroatoms. The van der Waals surface area contributed by atoms with E-state index >= 15 is 0 Å². The molecule has 0 radical (unpaired) electrons. The van der Waals surface area contributed by atoms with Gasteiger partial charge in [-0.1, -0.05) is 17.7 Å². The highest BCUT2D eigenvalue weighted by Gasteiger charge is 2.19. The van der Waals surface area contributed by atoms with Crippen LogP contribution in [-0.2, 0) is 6.54 Å². The van der Waals surface area contributed by atoms with Gasteiger partial charge in [0, 0.05) is 17.1 Å². The van der Waals surface area contributed by atoms with E-state index in [1.165, 1.54) is 0 Å². The first-order valence-electron chi connectivity index (χ1n) is 5.56. The van der Waals surface area contributed by atoms with Crippen LogP contribution in [0, 0.1) is 6.92 Å². The summed E-state index contributed by atoms with van der Waals surface area (Å²) in [5.74, 6) is -0.0683. The third-order valence-electron chi connectivity index (χ3n) is 2.75. The average Bonchev–Trinajstić information content (AvgIpc) is 2.72. The van der Waals surface area contributed by atoms with Gasteiger partial charge in [0.1, 0.15) is 5.69 Å². The predicted molar refractivity (Wildman–Crippen MR) is 75.2 cm³/mol. The van der Waals surface area contributed by atoms with Gasteiger partial charge in [-0.25, -0.2) is 0 Å². The molecule has 0 saturated carbocycles. The van der Waals surface area contributed by atoms with E-state index in [0.717, 1.165) is 5.56 Å². The molecule has 1 heterocycles. The minimum absolute atomic E-state index is 0.0683. The maximum Gasteiger partial charge on any atom is 0.212 e. The van der Waals surface area contributed by atoms with Crippen LogP contribution in [0.5, 0.6) is 0 Å². The highest BCUT2D eigenvalue weighted by Crippen LogP contribution is 2.23. The van der Waals surface area contributed by atoms with Crippen molar-refractivity contribution in [1.29, 1.82) is 0 Å². The van der Waals surface area contributed by atoms with Gasteiger partial charge in [-0.05, 0) is 47.5 Å². The molecular weight excluding hydrogens is 316 g/mol. The average molecular weight is 328 g/mol. The number of hydrogen-bond acceptors (Lipinski definition) is 2. The Bertz CT molecular complexity index is 607. The third kappa shape index (κ3) is 2.35. The Morgan fingerprint density at radius 3 is 2.89 bits per heavy atom. The second-order valence-electron chi connectivity index (χ2n) is 3.95. The van der Waals surface area contributed by atoms with Crippen LogP contribution in [0.3, 0.4) is 0 Å². The van der Waals surface area contributed by atoms with E-state index in [4.69, 9.17) is 11.6 Å². The molecule has 2 rings (SSSR count). The Balaban J connectivity index is 2.54. The fourth-order valence-electron chi connectivity index (χ4n) is 1.79. The molecule has 0 aliphatic rings. The van der Waals surface area contributed by atoms with Crippen LogP contribution in [0.2, 0.25) is 5.02 Å². The molecule has 0 spiro atoms. The summed E-state index contributed by atoms with van der Waals surface area (Å²) >= 11 is 9.31. The molecule has 0 unspecified atom stereocenters. The van der Waals surface area contributed by atoms with Crippen LogP contribution in [0.15, 0.2) is 28.9 Å². The van der Waals surface area contributed by atoms with Gasteiger partial charge in [-0.2, -0.15) is 5.10 Å². The molecule has 0 aliphatic carbocycles. The number of aryl methyl sites for hydroxylation is 2. The lowest BCUT2D eigenvalue weighted by Gasteiger charge is -2.08. The summed E-state index contributed by atoms with van der Waals surface area (Å²) in [7, 11) is 0. The molecule has 1 aromatic heterocycles. The lowest BCUT2D eigenvalue weighted by Crippen LogP contribution is -2.12. The zero-order chi connectivity index (χ0) is 13.3. The second-order valence-corrected chi connectivity index (χ2v) is 5.24. The molecule has 3 nitrogen and oxygen atoms in total. The third-order valence-corrected chi connectivity index (χ3v) is 3.57. The first kappa shape index (κ1) is 13.3. The van der Waals surface area contributed by atoms with E-state index in [1.54, 1.807) is 23.0 Å². The second kappa shape index (κ2) is 5.24. The van der Waals surface area contributed by atoms with Gasteiger partial charge in [0.25, 0.3) is 0 Å². The number of ketones is 1. The fraction of sp³-hybridized carbons (Fsp3) is 0.231. The minimum atomic E-state index is -0.0683. The van der Waals surface area contributed by atoms with Crippen molar-refractivity contribution < 1.29 is 4.79 Å². The molecule has 0 bridgehead atoms. The number of rotatable bonds is 3. The number of aromatic nitrogens is 2. The van der Waals surface area contributed by atoms with Crippen molar-refractivity contribution in [2.75, 3.05) is 0 Å². The molecular formula is C13H12BrClN2O. The zero-order valence-electron chi connectivity index (χ0n) is 10.1. The molecule has 18 heavy (non-hydrogen) atoms. The van der Waals surface area contributed by atoms with Crippen molar-refractivity contribution in [3.05, 3.63) is 50.7 Å². The molecule has 0 amide bonds. The van der Waals surface area contributed by atoms with E-state index in [2.05, 4.69) is 21.0 Å². The fourth-order valence-corrected chi connectivity index (χ4v) is 2.44. The van der Waals surface area contributed by atoms with Crippen molar-refractivity contribution in [3.8, 4) is 0 Å². The maximum atomic E-state index is 12.5. The zero-order valence-corrected chi connectivity index (χ0v) is 12.4. The number of nitrogens with zero attached hydrogens (tertiary/aromatic N) is 2. The topological polar surface area (TPSA) is 34.9 Å². The summed E-state index contributed by atoms with van der Waals surface area (Å²) in [6, 6.07) is 5.31. The Hall–Kier alpha value is -1.13. The molecule has 0 atom stereocenters. The van der Waals surface area contributed by atoms with Crippen molar-refractivity contribution in [2.24, 2.45) is 0 Å². The normalized spacial score (nSPS) is 10.7. The highest BCUT2D eigenvalue weighted by atomic mass is 79.9. The van der Waals surface area contributed by atoms with Gasteiger partial charge in [0.2, 0.25) is 5.78 Å². The van der Waals surface area contributed by atoms with Crippen LogP contribution >= 0.6 is 27.5 Å². The molecule has 94 valence electrons. The highest BCUT2D eigenvalue weighted by molar-refractivity contribution is 9.10. The standard InChI is InChI=1S/C13H12BrClN2O/c1-3-17-12(11(14)7-16-17)13(18)10-6-9(15)5-4-8(10)2/h4-7H,3H2,1-2H3. The van der Waals surface area contributed by atoms with Gasteiger partial charge in [0.05, 0.1) is 10.7 Å². The molecule has 1 aromatic carbocycles. The van der Waals surface area contributed by atoms with Crippen molar-refractivity contribution in [3.63, 3.8) is 0 Å². The van der Waals surface area contributed by atoms with E-state index in [9.17, 15) is 4.79 Å². The number of hydrogen-bond donors (Lipinski definition) is 0. The van der Waals surface area contributed by atoms with Gasteiger partial charge >= 0.3 is 0 Å². The summed E-state index contributed by atoms with van der Waals surface area (Å²) < 4.78 is 2.38. The molecule has 0 aliphatic heterocycles. The molecule has 0 saturated heterocycles. The summed E-state index contributed by atoms with van der Waals surface area (Å²) in [5.41, 5.74) is 2.07. The quantitative estimate of drug-likeness (QED) is 0.802. The van der Waals surface area contributed by atoms with Crippen LogP contribution in [-0.4, -0.2) is 15.6 Å². The first-order chi connectivity index (χ1) is 8.54. The van der Waals surface area contributed by atoms with Gasteiger partial charge < -0.3 is 0 Å². The van der Waals surface area contributed by atoms with Crippen molar-refractivity contribution in [2.45, 2.75) is 20.4 Å². The predicted octanol–water partition coefficient (Wildman–Crippen LogP) is 3.86. The largest absolute Gasteiger partial charge is 0.287 e. The summed E-state index contributed by atoms with van der Waals surface area (Å²) in [6.07, 6.45) is 1.64. The van der Waals surface area contributed by atoms with Gasteiger partial charge in [-0.15, -0.1) is 0 Å². The monoisotopic (exact) mass is 326 g/mol. The number of carbonyl (C=O) groups is 1. The lowest BCUT2D eigenvalue weighted by molar-refractivity contribution is 0.102. The van der Waals surface area contributed by atoms with Crippen LogP contribution < -0.4 is 0 Å². The van der Waals surface area contributed by atoms with E-state index in [0.29, 0.717) is 27.3 Å². The lowest BCUT2D eigenvalue weighted by atomic mass is 10.0. The van der Waals surface area contributed by atoms with Gasteiger partial charge in [0.15, 0.2) is 0 Å². The van der Waals surface area contributed by atoms with E-state index in [-0.39, 0.29) is 5.78 Å². The van der Waals surface area contributed by atoms with Crippen molar-refractivity contribution >= 4 is 33.3 Å². The minimum Gasteiger partial charge on any atom is -0.287 e. The Labute approximate surface area is 119 Å². The number of benzene rings is 1. The van der Waals surface area contributed by atoms with Crippen LogP contribution in [0.25, 0.3) is 0 Å². The Morgan fingerprint density at radius 2 is 2.22 bits per heavy atom. The SMILES string of the molecule is CCn1ncc(Br)c1C(=O)c1cc(Cl)ccc1C. The van der Waals surface area contributed by atoms with E-state index < -0.39 is 0 Å². The van der Waals surface area contributed by atoms with Crippen LogP contribution in [0.1, 0.15) is 28.5 Å². The first-order valence-corrected chi connectivity index (χ1v) is 6.73. The van der Waals surface area contributed by atoms with Crippen LogP contribution in [0.4, 0.5) is 0 Å². The Morgan fingerprint density at radius 1 is 1.50 bits per heavy atom. The Kier molecular flexibility index (Phi) is 3.88. The van der Waals surface area contributed by atoms with Crippen molar-refractivity contribution in [1.82, 2.24) is 9.78 Å². The maximum absolute atomic E-state index is 12.5. The number of carbonyl (C=O) groups excluding carboxylic acids is 1. The molecule has 2 aromatic rings. The summed E-state index contributed by atoms with van der Waals surface area (Å²) in [5, 5.41) is 4.71. The van der Waals surface area contributed by atoms with E-state index in [1.807, 2.05) is 19.9 Å².